The van der Waals surface area contributed by atoms with E-state index in [2.05, 4.69) is 11.3 Å². The highest BCUT2D eigenvalue weighted by Crippen LogP contribution is 1.95. The van der Waals surface area contributed by atoms with E-state index in [1.54, 1.807) is 0 Å². The van der Waals surface area contributed by atoms with E-state index in [0.717, 1.165) is 6.42 Å². The van der Waals surface area contributed by atoms with E-state index >= 15 is 0 Å². The highest BCUT2D eigenvalue weighted by molar-refractivity contribution is 6.35. The summed E-state index contributed by atoms with van der Waals surface area (Å²) in [4.78, 5) is 10.5. The Kier molecular flexibility index (Phi) is 7.79. The molecule has 0 unspecified atom stereocenters. The van der Waals surface area contributed by atoms with Gasteiger partial charge in [0.25, 0.3) is 0 Å². The molecule has 0 spiro atoms. The van der Waals surface area contributed by atoms with Crippen molar-refractivity contribution in [2.75, 3.05) is 13.3 Å². The molecule has 0 heterocycles. The van der Waals surface area contributed by atoms with Crippen molar-refractivity contribution in [3.8, 4) is 0 Å². The number of hydrogen-bond acceptors (Lipinski definition) is 3. The molecule has 0 rings (SSSR count). The molecule has 0 aliphatic heterocycles. The highest BCUT2D eigenvalue weighted by atomic mass is 28.2. The van der Waals surface area contributed by atoms with E-state index in [9.17, 15) is 4.79 Å². The lowest BCUT2D eigenvalue weighted by molar-refractivity contribution is 0.0862. The number of methoxy groups -OCH3 is 1. The normalized spacial score (nSPS) is 10.1. The largest absolute Gasteiger partial charge is 0.507 e. The summed E-state index contributed by atoms with van der Waals surface area (Å²) in [6.07, 6.45) is 4.16. The smallest absolute Gasteiger partial charge is 0.439 e. The van der Waals surface area contributed by atoms with Crippen LogP contribution in [0.3, 0.4) is 0 Å². The molecule has 0 fully saturated rings. The summed E-state index contributed by atoms with van der Waals surface area (Å²) in [5.74, 6) is 0. The summed E-state index contributed by atoms with van der Waals surface area (Å²) in [6.45, 7) is 3.63. The zero-order chi connectivity index (χ0) is 9.23. The van der Waals surface area contributed by atoms with Crippen molar-refractivity contribution in [3.05, 3.63) is 12.7 Å². The molecular formula is C8H16O3Si. The second-order valence-corrected chi connectivity index (χ2v) is 4.26. The van der Waals surface area contributed by atoms with Crippen LogP contribution in [0.25, 0.3) is 0 Å². The molecule has 0 aromatic heterocycles. The van der Waals surface area contributed by atoms with Gasteiger partial charge in [0, 0.05) is 0 Å². The van der Waals surface area contributed by atoms with Gasteiger partial charge in [-0.3, -0.25) is 0 Å². The first kappa shape index (κ1) is 11.2. The lowest BCUT2D eigenvalue weighted by atomic mass is 10.3. The number of unbranched alkanes of at least 4 members (excludes halogenated alkanes) is 1. The molecule has 0 N–H and O–H groups in total. The maximum absolute atomic E-state index is 10.5. The highest BCUT2D eigenvalue weighted by Gasteiger charge is 1.98. The summed E-state index contributed by atoms with van der Waals surface area (Å²) in [6, 6.07) is 1.20. The minimum absolute atomic E-state index is 0.232. The van der Waals surface area contributed by atoms with Crippen LogP contribution in [0, 0.1) is 0 Å². The summed E-state index contributed by atoms with van der Waals surface area (Å²) in [5, 5.41) is 0. The first-order chi connectivity index (χ1) is 5.81. The van der Waals surface area contributed by atoms with Gasteiger partial charge in [0.2, 0.25) is 0 Å². The minimum Gasteiger partial charge on any atom is -0.439 e. The molecule has 0 aliphatic rings. The third-order valence-electron chi connectivity index (χ3n) is 1.44. The predicted molar refractivity (Wildman–Crippen MR) is 51.1 cm³/mol. The molecule has 0 saturated carbocycles. The first-order valence-electron chi connectivity index (χ1n) is 4.13. The second kappa shape index (κ2) is 8.32. The number of rotatable bonds is 6. The second-order valence-electron chi connectivity index (χ2n) is 2.44. The van der Waals surface area contributed by atoms with E-state index in [-0.39, 0.29) is 9.52 Å². The SMILES string of the molecule is C=CCCC[SiH2]COC(=O)OC. The molecule has 0 aliphatic carbocycles. The van der Waals surface area contributed by atoms with Crippen molar-refractivity contribution in [3.63, 3.8) is 0 Å². The molecule has 4 heteroatoms. The molecule has 0 saturated heterocycles. The molecule has 0 amide bonds. The lowest BCUT2D eigenvalue weighted by Crippen LogP contribution is -2.10. The molecule has 0 aromatic carbocycles. The van der Waals surface area contributed by atoms with Crippen LogP contribution in [0.2, 0.25) is 6.04 Å². The van der Waals surface area contributed by atoms with Crippen LogP contribution in [0.1, 0.15) is 12.8 Å². The Morgan fingerprint density at radius 1 is 1.67 bits per heavy atom. The third-order valence-corrected chi connectivity index (χ3v) is 2.93. The minimum atomic E-state index is -0.564. The van der Waals surface area contributed by atoms with Gasteiger partial charge < -0.3 is 9.47 Å². The predicted octanol–water partition coefficient (Wildman–Crippen LogP) is 1.28. The summed E-state index contributed by atoms with van der Waals surface area (Å²) in [5.41, 5.74) is 0. The number of ether oxygens (including phenoxy) is 2. The van der Waals surface area contributed by atoms with Gasteiger partial charge in [-0.1, -0.05) is 18.5 Å². The Hall–Kier alpha value is -0.773. The monoisotopic (exact) mass is 188 g/mol. The molecule has 12 heavy (non-hydrogen) atoms. The number of carbonyl (C=O) groups is 1. The van der Waals surface area contributed by atoms with Crippen LogP contribution in [0.4, 0.5) is 4.79 Å². The maximum atomic E-state index is 10.5. The van der Waals surface area contributed by atoms with Gasteiger partial charge in [-0.2, -0.15) is 0 Å². The summed E-state index contributed by atoms with van der Waals surface area (Å²) >= 11 is 0. The Balaban J connectivity index is 3.00. The van der Waals surface area contributed by atoms with Crippen LogP contribution in [0.5, 0.6) is 0 Å². The van der Waals surface area contributed by atoms with Crippen molar-refractivity contribution in [1.82, 2.24) is 0 Å². The van der Waals surface area contributed by atoms with Crippen molar-refractivity contribution in [1.29, 1.82) is 0 Å². The summed E-state index contributed by atoms with van der Waals surface area (Å²) in [7, 11) is 1.09. The maximum Gasteiger partial charge on any atom is 0.507 e. The van der Waals surface area contributed by atoms with Crippen molar-refractivity contribution >= 4 is 15.7 Å². The van der Waals surface area contributed by atoms with Crippen LogP contribution >= 0.6 is 0 Å². The van der Waals surface area contributed by atoms with Gasteiger partial charge in [0.1, 0.15) is 0 Å². The van der Waals surface area contributed by atoms with Crippen molar-refractivity contribution < 1.29 is 14.3 Å². The van der Waals surface area contributed by atoms with Crippen LogP contribution in [-0.2, 0) is 9.47 Å². The fourth-order valence-corrected chi connectivity index (χ4v) is 1.94. The van der Waals surface area contributed by atoms with Gasteiger partial charge in [-0.15, -0.1) is 6.58 Å². The molecule has 70 valence electrons. The third kappa shape index (κ3) is 7.34. The molecule has 0 radical (unpaired) electrons. The average Bonchev–Trinajstić information content (AvgIpc) is 2.10. The average molecular weight is 188 g/mol. The fraction of sp³-hybridized carbons (Fsp3) is 0.625. The number of hydrogen-bond donors (Lipinski definition) is 0. The summed E-state index contributed by atoms with van der Waals surface area (Å²) < 4.78 is 9.07. The van der Waals surface area contributed by atoms with Gasteiger partial charge in [-0.25, -0.2) is 4.79 Å². The van der Waals surface area contributed by atoms with E-state index in [1.165, 1.54) is 19.6 Å². The Morgan fingerprint density at radius 2 is 2.42 bits per heavy atom. The van der Waals surface area contributed by atoms with Crippen LogP contribution in [0.15, 0.2) is 12.7 Å². The Morgan fingerprint density at radius 3 is 3.00 bits per heavy atom. The molecule has 0 aromatic rings. The standard InChI is InChI=1S/C8H16O3Si/c1-3-4-5-6-12-7-11-8(9)10-2/h3H,1,4-7,12H2,2H3. The van der Waals surface area contributed by atoms with Crippen molar-refractivity contribution in [2.45, 2.75) is 18.9 Å². The Bertz CT molecular complexity index is 136. The fourth-order valence-electron chi connectivity index (χ4n) is 0.782. The molecular weight excluding hydrogens is 172 g/mol. The van der Waals surface area contributed by atoms with Crippen molar-refractivity contribution in [2.24, 2.45) is 0 Å². The van der Waals surface area contributed by atoms with Gasteiger partial charge in [0.15, 0.2) is 0 Å². The van der Waals surface area contributed by atoms with E-state index in [1.807, 2.05) is 6.08 Å². The van der Waals surface area contributed by atoms with E-state index < -0.39 is 6.16 Å². The van der Waals surface area contributed by atoms with Crippen LogP contribution < -0.4 is 0 Å². The van der Waals surface area contributed by atoms with Gasteiger partial charge in [0.05, 0.1) is 22.9 Å². The van der Waals surface area contributed by atoms with E-state index in [0.29, 0.717) is 6.23 Å². The number of carbonyl (C=O) groups excluding carboxylic acids is 1. The lowest BCUT2D eigenvalue weighted by Gasteiger charge is -2.00. The zero-order valence-corrected chi connectivity index (χ0v) is 8.96. The molecule has 0 bridgehead atoms. The van der Waals surface area contributed by atoms with E-state index in [4.69, 9.17) is 4.74 Å². The quantitative estimate of drug-likeness (QED) is 0.273. The Labute approximate surface area is 75.6 Å². The van der Waals surface area contributed by atoms with Gasteiger partial charge in [-0.05, 0) is 6.42 Å². The van der Waals surface area contributed by atoms with Gasteiger partial charge >= 0.3 is 6.16 Å². The topological polar surface area (TPSA) is 35.5 Å². The molecule has 3 nitrogen and oxygen atoms in total. The first-order valence-corrected chi connectivity index (χ1v) is 6.13. The number of allylic oxidation sites excluding steroid dienone is 1. The molecule has 0 atom stereocenters. The zero-order valence-electron chi connectivity index (χ0n) is 7.54. The van der Waals surface area contributed by atoms with Crippen LogP contribution in [-0.4, -0.2) is 29.0 Å².